The van der Waals surface area contributed by atoms with Crippen molar-refractivity contribution >= 4 is 17.4 Å². The molecule has 1 unspecified atom stereocenters. The largest absolute Gasteiger partial charge is 0.335 e. The lowest BCUT2D eigenvalue weighted by molar-refractivity contribution is 0.0618. The Morgan fingerprint density at radius 1 is 1.30 bits per heavy atom. The zero-order valence-electron chi connectivity index (χ0n) is 12.0. The summed E-state index contributed by atoms with van der Waals surface area (Å²) in [5.41, 5.74) is 0.785. The molecule has 0 N–H and O–H groups in total. The van der Waals surface area contributed by atoms with Crippen molar-refractivity contribution in [2.45, 2.75) is 32.7 Å². The van der Waals surface area contributed by atoms with Crippen molar-refractivity contribution in [2.24, 2.45) is 0 Å². The molecule has 1 aromatic rings. The van der Waals surface area contributed by atoms with Crippen LogP contribution in [-0.4, -0.2) is 57.5 Å². The lowest BCUT2D eigenvalue weighted by atomic mass is 10.1. The molecular weight excluding hydrogens is 274 g/mol. The molecule has 0 aliphatic carbocycles. The third-order valence-electron chi connectivity index (χ3n) is 3.59. The number of nitriles is 1. The molecule has 7 heteroatoms. The zero-order valence-corrected chi connectivity index (χ0v) is 12.9. The molecule has 1 fully saturated rings. The van der Waals surface area contributed by atoms with Gasteiger partial charge in [0, 0.05) is 26.2 Å². The minimum absolute atomic E-state index is 0.0213. The highest BCUT2D eigenvalue weighted by Gasteiger charge is 2.28. The Morgan fingerprint density at radius 3 is 2.50 bits per heavy atom. The van der Waals surface area contributed by atoms with E-state index in [-0.39, 0.29) is 17.9 Å². The van der Waals surface area contributed by atoms with Crippen molar-refractivity contribution in [3.63, 3.8) is 0 Å². The Hall–Kier alpha value is -1.52. The fourth-order valence-corrected chi connectivity index (χ4v) is 3.05. The Morgan fingerprint density at radius 2 is 1.95 bits per heavy atom. The van der Waals surface area contributed by atoms with Crippen molar-refractivity contribution in [2.75, 3.05) is 26.2 Å². The minimum atomic E-state index is -0.0939. The summed E-state index contributed by atoms with van der Waals surface area (Å²) in [5, 5.41) is 13.0. The first-order valence-corrected chi connectivity index (χ1v) is 7.57. The van der Waals surface area contributed by atoms with E-state index in [0.29, 0.717) is 18.0 Å². The first kappa shape index (κ1) is 14.9. The predicted octanol–water partition coefficient (Wildman–Crippen LogP) is 1.33. The molecule has 20 heavy (non-hydrogen) atoms. The molecule has 1 aliphatic heterocycles. The summed E-state index contributed by atoms with van der Waals surface area (Å²) in [5.74, 6) is 0.223. The summed E-state index contributed by atoms with van der Waals surface area (Å²) in [6.07, 6.45) is 0. The average molecular weight is 293 g/mol. The molecule has 1 saturated heterocycles. The average Bonchev–Trinajstić information content (AvgIpc) is 2.95. The van der Waals surface area contributed by atoms with Gasteiger partial charge >= 0.3 is 0 Å². The Balaban J connectivity index is 2.02. The van der Waals surface area contributed by atoms with Crippen LogP contribution in [0.4, 0.5) is 0 Å². The summed E-state index contributed by atoms with van der Waals surface area (Å²) < 4.78 is 3.91. The van der Waals surface area contributed by atoms with Crippen molar-refractivity contribution in [3.05, 3.63) is 10.6 Å². The van der Waals surface area contributed by atoms with Gasteiger partial charge in [-0.3, -0.25) is 9.69 Å². The number of piperazine rings is 1. The zero-order chi connectivity index (χ0) is 14.7. The lowest BCUT2D eigenvalue weighted by Crippen LogP contribution is -2.51. The molecule has 0 radical (unpaired) electrons. The number of nitrogens with zero attached hydrogens (tertiary/aromatic N) is 5. The van der Waals surface area contributed by atoms with E-state index in [0.717, 1.165) is 18.8 Å². The third kappa shape index (κ3) is 2.97. The van der Waals surface area contributed by atoms with Gasteiger partial charge in [0.15, 0.2) is 0 Å². The highest BCUT2D eigenvalue weighted by Crippen LogP contribution is 2.22. The van der Waals surface area contributed by atoms with E-state index in [1.54, 1.807) is 0 Å². The number of rotatable bonds is 3. The number of carbonyl (C=O) groups excluding carboxylic acids is 1. The predicted molar refractivity (Wildman–Crippen MR) is 76.5 cm³/mol. The van der Waals surface area contributed by atoms with Gasteiger partial charge in [0.05, 0.1) is 17.8 Å². The number of aromatic nitrogens is 2. The number of carbonyl (C=O) groups is 1. The molecule has 0 aromatic carbocycles. The molecule has 108 valence electrons. The van der Waals surface area contributed by atoms with Crippen LogP contribution in [0.25, 0.3) is 0 Å². The van der Waals surface area contributed by atoms with E-state index in [1.165, 1.54) is 11.5 Å². The second-order valence-corrected chi connectivity index (χ2v) is 6.03. The Kier molecular flexibility index (Phi) is 4.68. The molecule has 2 heterocycles. The maximum Gasteiger partial charge on any atom is 0.267 e. The fourth-order valence-electron chi connectivity index (χ4n) is 2.26. The molecule has 1 amide bonds. The standard InChI is InChI=1S/C13H19N5OS/c1-9(2)11-12(20-16-15-11)13(19)18-6-4-17(5-7-18)10(3)8-14/h9-10H,4-7H2,1-3H3. The quantitative estimate of drug-likeness (QED) is 0.840. The van der Waals surface area contributed by atoms with Crippen LogP contribution in [0.3, 0.4) is 0 Å². The molecule has 1 atom stereocenters. The summed E-state index contributed by atoms with van der Waals surface area (Å²) in [6.45, 7) is 8.70. The molecule has 1 aliphatic rings. The lowest BCUT2D eigenvalue weighted by Gasteiger charge is -2.35. The van der Waals surface area contributed by atoms with Crippen LogP contribution in [0.15, 0.2) is 0 Å². The smallest absolute Gasteiger partial charge is 0.267 e. The summed E-state index contributed by atoms with van der Waals surface area (Å²) in [4.78, 5) is 17.1. The van der Waals surface area contributed by atoms with Crippen LogP contribution in [0.1, 0.15) is 42.1 Å². The van der Waals surface area contributed by atoms with Crippen molar-refractivity contribution in [3.8, 4) is 6.07 Å². The first-order valence-electron chi connectivity index (χ1n) is 6.79. The Bertz CT molecular complexity index is 513. The van der Waals surface area contributed by atoms with Gasteiger partial charge in [-0.05, 0) is 24.4 Å². The van der Waals surface area contributed by atoms with Crippen LogP contribution in [0.5, 0.6) is 0 Å². The van der Waals surface area contributed by atoms with Gasteiger partial charge in [-0.2, -0.15) is 5.26 Å². The highest BCUT2D eigenvalue weighted by molar-refractivity contribution is 7.08. The van der Waals surface area contributed by atoms with Gasteiger partial charge in [0.25, 0.3) is 5.91 Å². The maximum atomic E-state index is 12.5. The maximum absolute atomic E-state index is 12.5. The third-order valence-corrected chi connectivity index (χ3v) is 4.32. The van der Waals surface area contributed by atoms with Crippen LogP contribution in [0.2, 0.25) is 0 Å². The van der Waals surface area contributed by atoms with E-state index in [1.807, 2.05) is 25.7 Å². The topological polar surface area (TPSA) is 73.1 Å². The number of hydrogen-bond acceptors (Lipinski definition) is 6. The fraction of sp³-hybridized carbons (Fsp3) is 0.692. The second-order valence-electron chi connectivity index (χ2n) is 5.28. The molecular formula is C13H19N5OS. The van der Waals surface area contributed by atoms with Gasteiger partial charge in [-0.15, -0.1) is 5.10 Å². The summed E-state index contributed by atoms with van der Waals surface area (Å²) >= 11 is 1.17. The molecule has 1 aromatic heterocycles. The molecule has 2 rings (SSSR count). The van der Waals surface area contributed by atoms with Gasteiger partial charge in [0.2, 0.25) is 0 Å². The molecule has 0 spiro atoms. The van der Waals surface area contributed by atoms with E-state index >= 15 is 0 Å². The summed E-state index contributed by atoms with van der Waals surface area (Å²) in [7, 11) is 0. The van der Waals surface area contributed by atoms with Crippen LogP contribution in [0, 0.1) is 11.3 Å². The second kappa shape index (κ2) is 6.29. The minimum Gasteiger partial charge on any atom is -0.335 e. The normalized spacial score (nSPS) is 18.1. The van der Waals surface area contributed by atoms with Gasteiger partial charge in [0.1, 0.15) is 4.88 Å². The van der Waals surface area contributed by atoms with E-state index in [2.05, 4.69) is 20.6 Å². The van der Waals surface area contributed by atoms with Crippen LogP contribution < -0.4 is 0 Å². The molecule has 6 nitrogen and oxygen atoms in total. The van der Waals surface area contributed by atoms with Gasteiger partial charge in [-0.1, -0.05) is 18.3 Å². The van der Waals surface area contributed by atoms with Gasteiger partial charge < -0.3 is 4.90 Å². The molecule has 0 bridgehead atoms. The van der Waals surface area contributed by atoms with E-state index in [4.69, 9.17) is 5.26 Å². The van der Waals surface area contributed by atoms with Gasteiger partial charge in [-0.25, -0.2) is 0 Å². The number of hydrogen-bond donors (Lipinski definition) is 0. The number of amides is 1. The highest BCUT2D eigenvalue weighted by atomic mass is 32.1. The van der Waals surface area contributed by atoms with Crippen molar-refractivity contribution in [1.29, 1.82) is 5.26 Å². The van der Waals surface area contributed by atoms with Crippen LogP contribution in [-0.2, 0) is 0 Å². The van der Waals surface area contributed by atoms with Crippen molar-refractivity contribution < 1.29 is 4.79 Å². The summed E-state index contributed by atoms with van der Waals surface area (Å²) in [6, 6.07) is 2.14. The SMILES string of the molecule is CC(C)c1nnsc1C(=O)N1CCN(C(C)C#N)CC1. The monoisotopic (exact) mass is 293 g/mol. The first-order chi connectivity index (χ1) is 9.54. The van der Waals surface area contributed by atoms with Crippen molar-refractivity contribution in [1.82, 2.24) is 19.4 Å². The van der Waals surface area contributed by atoms with E-state index < -0.39 is 0 Å². The van der Waals surface area contributed by atoms with E-state index in [9.17, 15) is 4.79 Å². The van der Waals surface area contributed by atoms with Crippen LogP contribution >= 0.6 is 11.5 Å². The Labute approximate surface area is 123 Å². The molecule has 0 saturated carbocycles.